The van der Waals surface area contributed by atoms with E-state index in [0.717, 1.165) is 0 Å². The summed E-state index contributed by atoms with van der Waals surface area (Å²) < 4.78 is 17.7. The summed E-state index contributed by atoms with van der Waals surface area (Å²) in [6.45, 7) is 0.468. The van der Waals surface area contributed by atoms with E-state index in [1.54, 1.807) is 36.5 Å². The van der Waals surface area contributed by atoms with Crippen molar-refractivity contribution in [3.8, 4) is 6.07 Å². The van der Waals surface area contributed by atoms with E-state index < -0.39 is 5.97 Å². The highest BCUT2D eigenvalue weighted by molar-refractivity contribution is 5.87. The maximum atomic E-state index is 12.7. The van der Waals surface area contributed by atoms with Crippen molar-refractivity contribution >= 4 is 17.9 Å². The van der Waals surface area contributed by atoms with Crippen LogP contribution < -0.4 is 5.32 Å². The van der Waals surface area contributed by atoms with Crippen LogP contribution in [0.2, 0.25) is 0 Å². The molecule has 1 aromatic heterocycles. The van der Waals surface area contributed by atoms with Crippen LogP contribution >= 0.6 is 0 Å². The molecule has 0 aliphatic heterocycles. The number of nitrogens with one attached hydrogen (secondary N) is 1. The quantitative estimate of drug-likeness (QED) is 0.504. The van der Waals surface area contributed by atoms with Crippen LogP contribution in [0.25, 0.3) is 6.08 Å². The number of hydrogen-bond donors (Lipinski definition) is 1. The molecule has 0 aliphatic rings. The van der Waals surface area contributed by atoms with Crippen LogP contribution in [0.1, 0.15) is 11.1 Å². The number of aromatic nitrogens is 1. The minimum absolute atomic E-state index is 0.133. The van der Waals surface area contributed by atoms with Gasteiger partial charge in [-0.05, 0) is 35.9 Å². The van der Waals surface area contributed by atoms with E-state index in [1.807, 2.05) is 6.07 Å². The first-order valence-corrected chi connectivity index (χ1v) is 6.88. The summed E-state index contributed by atoms with van der Waals surface area (Å²) in [5.41, 5.74) is 1.13. The molecule has 0 spiro atoms. The molecule has 0 saturated carbocycles. The fraction of sp³-hybridized carbons (Fsp3) is 0.118. The lowest BCUT2D eigenvalue weighted by molar-refractivity contribution is -0.137. The lowest BCUT2D eigenvalue weighted by atomic mass is 10.2. The maximum Gasteiger partial charge on any atom is 0.330 e. The lowest BCUT2D eigenvalue weighted by Crippen LogP contribution is -2.13. The minimum Gasteiger partial charge on any atom is -0.461 e. The SMILES string of the molecule is N#Cc1cccnc1NCCOC(=O)/C=C/c1ccc(F)cc1. The summed E-state index contributed by atoms with van der Waals surface area (Å²) in [5, 5.41) is 11.8. The molecule has 1 heterocycles. The number of ether oxygens (including phenoxy) is 1. The molecular weight excluding hydrogens is 297 g/mol. The van der Waals surface area contributed by atoms with Gasteiger partial charge in [0.1, 0.15) is 24.3 Å². The average Bonchev–Trinajstić information content (AvgIpc) is 2.58. The van der Waals surface area contributed by atoms with Crippen molar-refractivity contribution in [2.45, 2.75) is 0 Å². The Morgan fingerprint density at radius 2 is 2.13 bits per heavy atom. The van der Waals surface area contributed by atoms with E-state index in [4.69, 9.17) is 10.00 Å². The van der Waals surface area contributed by atoms with Crippen LogP contribution in [0.15, 0.2) is 48.7 Å². The smallest absolute Gasteiger partial charge is 0.330 e. The Hall–Kier alpha value is -3.20. The van der Waals surface area contributed by atoms with Crippen molar-refractivity contribution in [1.82, 2.24) is 4.98 Å². The fourth-order valence-corrected chi connectivity index (χ4v) is 1.74. The second kappa shape index (κ2) is 8.29. The van der Waals surface area contributed by atoms with Gasteiger partial charge < -0.3 is 10.1 Å². The monoisotopic (exact) mass is 311 g/mol. The summed E-state index contributed by atoms with van der Waals surface area (Å²) in [6, 6.07) is 11.1. The third-order valence-electron chi connectivity index (χ3n) is 2.85. The van der Waals surface area contributed by atoms with Gasteiger partial charge in [-0.15, -0.1) is 0 Å². The van der Waals surface area contributed by atoms with Crippen molar-refractivity contribution in [1.29, 1.82) is 5.26 Å². The number of esters is 1. The number of pyridine rings is 1. The third-order valence-corrected chi connectivity index (χ3v) is 2.85. The molecule has 116 valence electrons. The molecule has 6 heteroatoms. The van der Waals surface area contributed by atoms with Gasteiger partial charge in [0.2, 0.25) is 0 Å². The first-order valence-electron chi connectivity index (χ1n) is 6.88. The molecule has 0 bridgehead atoms. The van der Waals surface area contributed by atoms with Gasteiger partial charge in [0.05, 0.1) is 12.1 Å². The van der Waals surface area contributed by atoms with Crippen molar-refractivity contribution in [3.63, 3.8) is 0 Å². The molecular formula is C17H14FN3O2. The predicted molar refractivity (Wildman–Crippen MR) is 83.8 cm³/mol. The van der Waals surface area contributed by atoms with E-state index in [9.17, 15) is 9.18 Å². The second-order valence-electron chi connectivity index (χ2n) is 4.49. The van der Waals surface area contributed by atoms with Crippen LogP contribution in [-0.2, 0) is 9.53 Å². The van der Waals surface area contributed by atoms with Crippen LogP contribution in [-0.4, -0.2) is 24.1 Å². The number of halogens is 1. The topological polar surface area (TPSA) is 75.0 Å². The standard InChI is InChI=1S/C17H14FN3O2/c18-15-6-3-13(4-7-15)5-8-16(22)23-11-10-21-17-14(12-19)2-1-9-20-17/h1-9H,10-11H2,(H,20,21)/b8-5+. The second-order valence-corrected chi connectivity index (χ2v) is 4.49. The Kier molecular flexibility index (Phi) is 5.83. The normalized spacial score (nSPS) is 10.3. The van der Waals surface area contributed by atoms with Gasteiger partial charge in [-0.25, -0.2) is 14.2 Å². The largest absolute Gasteiger partial charge is 0.461 e. The number of benzene rings is 1. The third kappa shape index (κ3) is 5.25. The zero-order chi connectivity index (χ0) is 16.5. The Labute approximate surface area is 133 Å². The van der Waals surface area contributed by atoms with Crippen molar-refractivity contribution < 1.29 is 13.9 Å². The van der Waals surface area contributed by atoms with Gasteiger partial charge in [-0.2, -0.15) is 5.26 Å². The van der Waals surface area contributed by atoms with E-state index in [2.05, 4.69) is 10.3 Å². The Balaban J connectivity index is 1.75. The van der Waals surface area contributed by atoms with Crippen molar-refractivity contribution in [2.75, 3.05) is 18.5 Å². The number of carbonyl (C=O) groups is 1. The first kappa shape index (κ1) is 16.2. The van der Waals surface area contributed by atoms with Gasteiger partial charge in [0.15, 0.2) is 0 Å². The molecule has 0 fully saturated rings. The minimum atomic E-state index is -0.502. The van der Waals surface area contributed by atoms with Gasteiger partial charge in [-0.1, -0.05) is 12.1 Å². The van der Waals surface area contributed by atoms with Crippen LogP contribution in [0.4, 0.5) is 10.2 Å². The highest BCUT2D eigenvalue weighted by Crippen LogP contribution is 2.08. The van der Waals surface area contributed by atoms with Gasteiger partial charge >= 0.3 is 5.97 Å². The molecule has 0 atom stereocenters. The van der Waals surface area contributed by atoms with Crippen molar-refractivity contribution in [2.24, 2.45) is 0 Å². The molecule has 1 N–H and O–H groups in total. The fourth-order valence-electron chi connectivity index (χ4n) is 1.74. The van der Waals surface area contributed by atoms with E-state index in [-0.39, 0.29) is 12.4 Å². The molecule has 0 radical (unpaired) electrons. The maximum absolute atomic E-state index is 12.7. The number of nitrogens with zero attached hydrogens (tertiary/aromatic N) is 2. The molecule has 0 saturated heterocycles. The Bertz CT molecular complexity index is 736. The Morgan fingerprint density at radius 3 is 2.87 bits per heavy atom. The lowest BCUT2D eigenvalue weighted by Gasteiger charge is -2.06. The molecule has 1 aromatic carbocycles. The van der Waals surface area contributed by atoms with E-state index in [1.165, 1.54) is 18.2 Å². The summed E-state index contributed by atoms with van der Waals surface area (Å²) >= 11 is 0. The highest BCUT2D eigenvalue weighted by atomic mass is 19.1. The van der Waals surface area contributed by atoms with Gasteiger partial charge in [-0.3, -0.25) is 0 Å². The molecule has 23 heavy (non-hydrogen) atoms. The predicted octanol–water partition coefficient (Wildman–Crippen LogP) is 2.76. The Morgan fingerprint density at radius 1 is 1.35 bits per heavy atom. The van der Waals surface area contributed by atoms with Crippen LogP contribution in [0, 0.1) is 17.1 Å². The van der Waals surface area contributed by atoms with Gasteiger partial charge in [0.25, 0.3) is 0 Å². The molecule has 0 aliphatic carbocycles. The summed E-state index contributed by atoms with van der Waals surface area (Å²) in [5.74, 6) is -0.382. The zero-order valence-corrected chi connectivity index (χ0v) is 12.2. The molecule has 5 nitrogen and oxygen atoms in total. The van der Waals surface area contributed by atoms with Crippen LogP contribution in [0.5, 0.6) is 0 Å². The van der Waals surface area contributed by atoms with E-state index >= 15 is 0 Å². The number of nitriles is 1. The first-order chi connectivity index (χ1) is 11.2. The molecule has 2 aromatic rings. The average molecular weight is 311 g/mol. The van der Waals surface area contributed by atoms with Crippen molar-refractivity contribution in [3.05, 3.63) is 65.6 Å². The van der Waals surface area contributed by atoms with Gasteiger partial charge in [0, 0.05) is 12.3 Å². The summed E-state index contributed by atoms with van der Waals surface area (Å²) in [4.78, 5) is 15.6. The molecule has 2 rings (SSSR count). The van der Waals surface area contributed by atoms with Crippen LogP contribution in [0.3, 0.4) is 0 Å². The summed E-state index contributed by atoms with van der Waals surface area (Å²) in [7, 11) is 0. The number of rotatable bonds is 6. The summed E-state index contributed by atoms with van der Waals surface area (Å²) in [6.07, 6.45) is 4.39. The molecule has 0 unspecified atom stereocenters. The molecule has 0 amide bonds. The number of hydrogen-bond acceptors (Lipinski definition) is 5. The van der Waals surface area contributed by atoms with E-state index in [0.29, 0.717) is 23.5 Å². The highest BCUT2D eigenvalue weighted by Gasteiger charge is 2.02. The number of carbonyl (C=O) groups excluding carboxylic acids is 1. The zero-order valence-electron chi connectivity index (χ0n) is 12.2. The number of anilines is 1.